The minimum absolute atomic E-state index is 0.201. The zero-order valence-electron chi connectivity index (χ0n) is 19.1. The number of hydrogen-bond donors (Lipinski definition) is 1. The predicted molar refractivity (Wildman–Crippen MR) is 119 cm³/mol. The maximum Gasteiger partial charge on any atom is 0.416 e. The van der Waals surface area contributed by atoms with E-state index in [4.69, 9.17) is 0 Å². The van der Waals surface area contributed by atoms with Crippen LogP contribution in [0, 0.1) is 11.8 Å². The van der Waals surface area contributed by atoms with Gasteiger partial charge in [0.2, 0.25) is 0 Å². The van der Waals surface area contributed by atoms with Crippen LogP contribution in [0.2, 0.25) is 0 Å². The second-order valence-corrected chi connectivity index (χ2v) is 8.94. The molecule has 3 rings (SSSR count). The van der Waals surface area contributed by atoms with Gasteiger partial charge in [-0.05, 0) is 67.1 Å². The number of carbonyl (C=O) groups is 1. The summed E-state index contributed by atoms with van der Waals surface area (Å²) >= 11 is 0. The van der Waals surface area contributed by atoms with Gasteiger partial charge in [0.25, 0.3) is 0 Å². The van der Waals surface area contributed by atoms with Gasteiger partial charge in [-0.15, -0.1) is 6.58 Å². The highest BCUT2D eigenvalue weighted by atomic mass is 19.4. The molecule has 2 aromatic carbocycles. The van der Waals surface area contributed by atoms with Crippen LogP contribution in [0.5, 0.6) is 0 Å². The van der Waals surface area contributed by atoms with Crippen LogP contribution in [0.3, 0.4) is 0 Å². The Hall–Kier alpha value is -2.81. The first-order chi connectivity index (χ1) is 16.3. The molecular formula is C26H27F6NO2. The minimum Gasteiger partial charge on any atom is -0.481 e. The average Bonchev–Trinajstić information content (AvgIpc) is 2.81. The zero-order chi connectivity index (χ0) is 26.0. The SMILES string of the molecule is C=CC[C@H](c1ccc(C(F)(F)F)cc1)N1CC[C@H](C(C)C(=O)O)C[C@H]1c1ccc(C(F)(F)F)cc1. The molecule has 4 atom stereocenters. The van der Waals surface area contributed by atoms with Crippen molar-refractivity contribution in [3.8, 4) is 0 Å². The number of aliphatic carboxylic acids is 1. The van der Waals surface area contributed by atoms with Crippen LogP contribution < -0.4 is 0 Å². The van der Waals surface area contributed by atoms with Crippen molar-refractivity contribution in [2.75, 3.05) is 6.54 Å². The quantitative estimate of drug-likeness (QED) is 0.317. The smallest absolute Gasteiger partial charge is 0.416 e. The lowest BCUT2D eigenvalue weighted by Crippen LogP contribution is -2.41. The van der Waals surface area contributed by atoms with Crippen LogP contribution in [0.4, 0.5) is 26.3 Å². The molecule has 1 aliphatic heterocycles. The predicted octanol–water partition coefficient (Wildman–Crippen LogP) is 7.52. The molecule has 1 saturated heterocycles. The first-order valence-electron chi connectivity index (χ1n) is 11.3. The van der Waals surface area contributed by atoms with Crippen molar-refractivity contribution in [1.29, 1.82) is 0 Å². The number of carboxylic acids is 1. The van der Waals surface area contributed by atoms with Gasteiger partial charge in [-0.2, -0.15) is 26.3 Å². The largest absolute Gasteiger partial charge is 0.481 e. The molecule has 0 spiro atoms. The first kappa shape index (κ1) is 26.8. The van der Waals surface area contributed by atoms with Crippen LogP contribution in [-0.4, -0.2) is 22.5 Å². The van der Waals surface area contributed by atoms with Gasteiger partial charge in [-0.25, -0.2) is 0 Å². The summed E-state index contributed by atoms with van der Waals surface area (Å²) < 4.78 is 78.4. The third kappa shape index (κ3) is 6.25. The van der Waals surface area contributed by atoms with Crippen molar-refractivity contribution >= 4 is 5.97 Å². The fraction of sp³-hybridized carbons (Fsp3) is 0.423. The summed E-state index contributed by atoms with van der Waals surface area (Å²) in [7, 11) is 0. The van der Waals surface area contributed by atoms with Gasteiger partial charge >= 0.3 is 18.3 Å². The lowest BCUT2D eigenvalue weighted by atomic mass is 9.78. The molecule has 0 aliphatic carbocycles. The lowest BCUT2D eigenvalue weighted by molar-refractivity contribution is -0.144. The van der Waals surface area contributed by atoms with Crippen LogP contribution in [0.25, 0.3) is 0 Å². The molecule has 35 heavy (non-hydrogen) atoms. The Kier molecular flexibility index (Phi) is 7.99. The van der Waals surface area contributed by atoms with E-state index in [0.29, 0.717) is 36.9 Å². The second kappa shape index (κ2) is 10.4. The molecule has 0 saturated carbocycles. The number of hydrogen-bond acceptors (Lipinski definition) is 2. The Morgan fingerprint density at radius 1 is 1.03 bits per heavy atom. The number of halogens is 6. The molecule has 0 bridgehead atoms. The number of rotatable bonds is 7. The van der Waals surface area contributed by atoms with E-state index in [1.807, 2.05) is 4.90 Å². The van der Waals surface area contributed by atoms with Gasteiger partial charge < -0.3 is 5.11 Å². The molecule has 190 valence electrons. The summed E-state index contributed by atoms with van der Waals surface area (Å²) in [5.74, 6) is -1.79. The molecule has 3 nitrogen and oxygen atoms in total. The van der Waals surface area contributed by atoms with E-state index in [0.717, 1.165) is 24.3 Å². The fourth-order valence-electron chi connectivity index (χ4n) is 4.78. The van der Waals surface area contributed by atoms with Crippen molar-refractivity contribution in [1.82, 2.24) is 4.90 Å². The Morgan fingerprint density at radius 2 is 1.54 bits per heavy atom. The molecule has 1 heterocycles. The lowest BCUT2D eigenvalue weighted by Gasteiger charge is -2.45. The van der Waals surface area contributed by atoms with E-state index in [9.17, 15) is 36.2 Å². The maximum atomic E-state index is 13.1. The Morgan fingerprint density at radius 3 is 2.00 bits per heavy atom. The molecule has 1 fully saturated rings. The number of nitrogens with zero attached hydrogens (tertiary/aromatic N) is 1. The summed E-state index contributed by atoms with van der Waals surface area (Å²) in [5, 5.41) is 9.50. The minimum atomic E-state index is -4.49. The van der Waals surface area contributed by atoms with E-state index < -0.39 is 41.4 Å². The summed E-state index contributed by atoms with van der Waals surface area (Å²) in [6, 6.07) is 8.84. The van der Waals surface area contributed by atoms with Gasteiger partial charge in [0.1, 0.15) is 0 Å². The van der Waals surface area contributed by atoms with Crippen LogP contribution >= 0.6 is 0 Å². The van der Waals surface area contributed by atoms with E-state index >= 15 is 0 Å². The summed E-state index contributed by atoms with van der Waals surface area (Å²) in [6.45, 7) is 5.82. The topological polar surface area (TPSA) is 40.5 Å². The third-order valence-corrected chi connectivity index (χ3v) is 6.82. The standard InChI is InChI=1S/C26H27F6NO2/c1-3-4-22(17-5-9-20(10-6-17)25(27,28)29)33-14-13-19(16(2)24(34)35)15-23(33)18-7-11-21(12-8-18)26(30,31)32/h3,5-12,16,19,22-23H,1,4,13-15H2,2H3,(H,34,35)/t16?,19-,22+,23-/m0/s1. The normalized spacial score (nSPS) is 21.3. The highest BCUT2D eigenvalue weighted by Gasteiger charge is 2.39. The molecule has 0 aromatic heterocycles. The van der Waals surface area contributed by atoms with Gasteiger partial charge in [0.05, 0.1) is 17.0 Å². The third-order valence-electron chi connectivity index (χ3n) is 6.82. The van der Waals surface area contributed by atoms with Gasteiger partial charge in [-0.3, -0.25) is 9.69 Å². The highest BCUT2D eigenvalue weighted by molar-refractivity contribution is 5.69. The summed E-state index contributed by atoms with van der Waals surface area (Å²) in [5.41, 5.74) is -0.336. The van der Waals surface area contributed by atoms with Crippen LogP contribution in [0.15, 0.2) is 61.2 Å². The number of benzene rings is 2. The maximum absolute atomic E-state index is 13.1. The van der Waals surface area contributed by atoms with Crippen LogP contribution in [-0.2, 0) is 17.1 Å². The number of piperidine rings is 1. The van der Waals surface area contributed by atoms with Crippen LogP contribution in [0.1, 0.15) is 60.5 Å². The van der Waals surface area contributed by atoms with Crippen molar-refractivity contribution in [3.05, 3.63) is 83.4 Å². The average molecular weight is 499 g/mol. The van der Waals surface area contributed by atoms with Crippen molar-refractivity contribution in [2.24, 2.45) is 11.8 Å². The molecule has 0 radical (unpaired) electrons. The van der Waals surface area contributed by atoms with E-state index in [1.165, 1.54) is 24.3 Å². The Balaban J connectivity index is 1.99. The number of carboxylic acid groups (broad SMARTS) is 1. The molecule has 1 unspecified atom stereocenters. The highest BCUT2D eigenvalue weighted by Crippen LogP contribution is 2.44. The second-order valence-electron chi connectivity index (χ2n) is 8.94. The van der Waals surface area contributed by atoms with Gasteiger partial charge in [0, 0.05) is 12.1 Å². The van der Waals surface area contributed by atoms with E-state index in [-0.39, 0.29) is 12.0 Å². The monoisotopic (exact) mass is 499 g/mol. The Labute approximate surface area is 200 Å². The molecule has 1 aliphatic rings. The number of alkyl halides is 6. The summed E-state index contributed by atoms with van der Waals surface area (Å²) in [6.07, 6.45) is -5.97. The fourth-order valence-corrected chi connectivity index (χ4v) is 4.78. The molecule has 0 amide bonds. The first-order valence-corrected chi connectivity index (χ1v) is 11.3. The zero-order valence-corrected chi connectivity index (χ0v) is 19.1. The van der Waals surface area contributed by atoms with E-state index in [2.05, 4.69) is 6.58 Å². The van der Waals surface area contributed by atoms with Gasteiger partial charge in [-0.1, -0.05) is 37.3 Å². The number of likely N-dealkylation sites (tertiary alicyclic amines) is 1. The van der Waals surface area contributed by atoms with E-state index in [1.54, 1.807) is 13.0 Å². The summed E-state index contributed by atoms with van der Waals surface area (Å²) in [4.78, 5) is 13.6. The van der Waals surface area contributed by atoms with Crippen molar-refractivity contribution in [3.63, 3.8) is 0 Å². The molecule has 9 heteroatoms. The molecule has 2 aromatic rings. The van der Waals surface area contributed by atoms with Crippen molar-refractivity contribution < 1.29 is 36.2 Å². The van der Waals surface area contributed by atoms with Crippen molar-refractivity contribution in [2.45, 2.75) is 50.6 Å². The Bertz CT molecular complexity index is 1010. The molecule has 1 N–H and O–H groups in total. The molecular weight excluding hydrogens is 472 g/mol. The van der Waals surface area contributed by atoms with Gasteiger partial charge in [0.15, 0.2) is 0 Å².